The number of aliphatic hydroxyl groups is 1. The van der Waals surface area contributed by atoms with Gasteiger partial charge < -0.3 is 9.84 Å². The molecule has 13 heavy (non-hydrogen) atoms. The number of aliphatic hydroxyl groups excluding tert-OH is 1. The Morgan fingerprint density at radius 1 is 1.69 bits per heavy atom. The molecule has 1 heterocycles. The summed E-state index contributed by atoms with van der Waals surface area (Å²) in [7, 11) is 1.65. The van der Waals surface area contributed by atoms with E-state index in [4.69, 9.17) is 9.84 Å². The van der Waals surface area contributed by atoms with Gasteiger partial charge in [0, 0.05) is 18.7 Å². The molecule has 0 bridgehead atoms. The van der Waals surface area contributed by atoms with Crippen molar-refractivity contribution in [3.63, 3.8) is 0 Å². The van der Waals surface area contributed by atoms with Crippen LogP contribution in [0, 0.1) is 5.92 Å². The lowest BCUT2D eigenvalue weighted by molar-refractivity contribution is 0.275. The molecule has 1 rings (SSSR count). The summed E-state index contributed by atoms with van der Waals surface area (Å²) < 4.78 is 5.12. The monoisotopic (exact) mass is 183 g/mol. The van der Waals surface area contributed by atoms with Gasteiger partial charge in [-0.3, -0.25) is 0 Å². The first-order valence-corrected chi connectivity index (χ1v) is 4.67. The van der Waals surface area contributed by atoms with Gasteiger partial charge in [0.15, 0.2) is 5.90 Å². The van der Waals surface area contributed by atoms with E-state index in [9.17, 15) is 0 Å². The zero-order chi connectivity index (χ0) is 9.68. The summed E-state index contributed by atoms with van der Waals surface area (Å²) in [5, 5.41) is 8.70. The van der Waals surface area contributed by atoms with E-state index in [-0.39, 0.29) is 6.61 Å². The van der Waals surface area contributed by atoms with Crippen LogP contribution in [0.5, 0.6) is 0 Å². The lowest BCUT2D eigenvalue weighted by Gasteiger charge is -2.18. The summed E-state index contributed by atoms with van der Waals surface area (Å²) in [6.07, 6.45) is 4.88. The van der Waals surface area contributed by atoms with Crippen LogP contribution in [0.15, 0.2) is 16.8 Å². The maximum Gasteiger partial charge on any atom is 0.188 e. The fourth-order valence-corrected chi connectivity index (χ4v) is 1.57. The minimum Gasteiger partial charge on any atom is -0.484 e. The van der Waals surface area contributed by atoms with Crippen LogP contribution in [0.4, 0.5) is 0 Å². The smallest absolute Gasteiger partial charge is 0.188 e. The molecule has 0 aromatic carbocycles. The van der Waals surface area contributed by atoms with Gasteiger partial charge in [-0.2, -0.15) is 0 Å². The van der Waals surface area contributed by atoms with Gasteiger partial charge in [0.05, 0.1) is 7.11 Å². The normalized spacial score (nSPS) is 22.2. The molecule has 1 atom stereocenters. The van der Waals surface area contributed by atoms with E-state index in [1.165, 1.54) is 0 Å². The number of rotatable bonds is 3. The van der Waals surface area contributed by atoms with Crippen LogP contribution in [0.2, 0.25) is 0 Å². The number of nitrogens with zero attached hydrogens (tertiary/aromatic N) is 1. The second-order valence-corrected chi connectivity index (χ2v) is 3.35. The Balaban J connectivity index is 2.48. The molecule has 1 unspecified atom stereocenters. The van der Waals surface area contributed by atoms with Gasteiger partial charge in [-0.1, -0.05) is 6.08 Å². The molecule has 3 heteroatoms. The van der Waals surface area contributed by atoms with Gasteiger partial charge in [0.25, 0.3) is 0 Å². The van der Waals surface area contributed by atoms with Gasteiger partial charge in [0.2, 0.25) is 0 Å². The largest absolute Gasteiger partial charge is 0.484 e. The van der Waals surface area contributed by atoms with Gasteiger partial charge in [-0.25, -0.2) is 4.99 Å². The second kappa shape index (κ2) is 5.02. The molecule has 1 aliphatic rings. The molecular formula is C10H17NO2. The number of hydrogen-bond acceptors (Lipinski definition) is 3. The third-order valence-corrected chi connectivity index (χ3v) is 2.18. The van der Waals surface area contributed by atoms with E-state index >= 15 is 0 Å². The predicted molar refractivity (Wildman–Crippen MR) is 52.6 cm³/mol. The van der Waals surface area contributed by atoms with Gasteiger partial charge in [-0.15, -0.1) is 0 Å². The highest BCUT2D eigenvalue weighted by Gasteiger charge is 2.14. The predicted octanol–water partition coefficient (Wildman–Crippen LogP) is 1.73. The highest BCUT2D eigenvalue weighted by atomic mass is 16.5. The van der Waals surface area contributed by atoms with Crippen LogP contribution < -0.4 is 0 Å². The van der Waals surface area contributed by atoms with Crippen LogP contribution in [0.25, 0.3) is 0 Å². The van der Waals surface area contributed by atoms with Crippen LogP contribution in [0.1, 0.15) is 26.2 Å². The van der Waals surface area contributed by atoms with E-state index in [2.05, 4.69) is 11.1 Å². The Labute approximate surface area is 79.1 Å². The fourth-order valence-electron chi connectivity index (χ4n) is 1.57. The van der Waals surface area contributed by atoms with E-state index in [1.54, 1.807) is 7.11 Å². The molecule has 0 saturated heterocycles. The molecule has 74 valence electrons. The van der Waals surface area contributed by atoms with Gasteiger partial charge >= 0.3 is 0 Å². The van der Waals surface area contributed by atoms with Crippen LogP contribution in [-0.2, 0) is 4.74 Å². The molecule has 0 radical (unpaired) electrons. The summed E-state index contributed by atoms with van der Waals surface area (Å²) >= 11 is 0. The van der Waals surface area contributed by atoms with Gasteiger partial charge in [-0.05, 0) is 25.7 Å². The fraction of sp³-hybridized carbons (Fsp3) is 0.700. The summed E-state index contributed by atoms with van der Waals surface area (Å²) in [5.74, 6) is 1.29. The number of ether oxygens (including phenoxy) is 1. The minimum absolute atomic E-state index is 0.267. The molecule has 0 fully saturated rings. The first-order chi connectivity index (χ1) is 6.26. The van der Waals surface area contributed by atoms with Crippen molar-refractivity contribution in [3.8, 4) is 0 Å². The minimum atomic E-state index is 0.267. The number of aliphatic imine (C=N–C) groups is 1. The molecule has 0 saturated carbocycles. The van der Waals surface area contributed by atoms with Crippen molar-refractivity contribution >= 4 is 5.90 Å². The average molecular weight is 183 g/mol. The first-order valence-electron chi connectivity index (χ1n) is 4.67. The van der Waals surface area contributed by atoms with Crippen molar-refractivity contribution in [1.82, 2.24) is 0 Å². The zero-order valence-corrected chi connectivity index (χ0v) is 8.29. The standard InChI is InChI=1S/C10H17NO2/c1-8-6-9(4-3-5-12)7-10(11-8)13-2/h6,9,12H,3-5,7H2,1-2H3. The lowest BCUT2D eigenvalue weighted by Crippen LogP contribution is -2.13. The van der Waals surface area contributed by atoms with Crippen molar-refractivity contribution in [2.75, 3.05) is 13.7 Å². The van der Waals surface area contributed by atoms with E-state index in [1.807, 2.05) is 6.92 Å². The van der Waals surface area contributed by atoms with Crippen molar-refractivity contribution < 1.29 is 9.84 Å². The van der Waals surface area contributed by atoms with Crippen LogP contribution in [-0.4, -0.2) is 24.7 Å². The molecule has 0 aromatic rings. The average Bonchev–Trinajstić information content (AvgIpc) is 2.14. The second-order valence-electron chi connectivity index (χ2n) is 3.35. The third kappa shape index (κ3) is 3.19. The Kier molecular flexibility index (Phi) is 3.96. The third-order valence-electron chi connectivity index (χ3n) is 2.18. The van der Waals surface area contributed by atoms with Gasteiger partial charge in [0.1, 0.15) is 0 Å². The van der Waals surface area contributed by atoms with Crippen LogP contribution >= 0.6 is 0 Å². The van der Waals surface area contributed by atoms with E-state index in [0.29, 0.717) is 5.92 Å². The molecule has 0 amide bonds. The Bertz CT molecular complexity index is 221. The summed E-state index contributed by atoms with van der Waals surface area (Å²) in [6, 6.07) is 0. The first kappa shape index (κ1) is 10.3. The maximum absolute atomic E-state index is 8.70. The number of hydrogen-bond donors (Lipinski definition) is 1. The molecule has 0 spiro atoms. The van der Waals surface area contributed by atoms with Crippen molar-refractivity contribution in [2.45, 2.75) is 26.2 Å². The van der Waals surface area contributed by atoms with Crippen molar-refractivity contribution in [2.24, 2.45) is 10.9 Å². The Hall–Kier alpha value is -0.830. The molecule has 3 nitrogen and oxygen atoms in total. The van der Waals surface area contributed by atoms with Crippen LogP contribution in [0.3, 0.4) is 0 Å². The van der Waals surface area contributed by atoms with E-state index in [0.717, 1.165) is 30.9 Å². The summed E-state index contributed by atoms with van der Waals surface area (Å²) in [4.78, 5) is 4.25. The lowest BCUT2D eigenvalue weighted by atomic mass is 9.96. The SMILES string of the molecule is COC1=NC(C)=CC(CCCO)C1. The maximum atomic E-state index is 8.70. The molecule has 1 N–H and O–H groups in total. The molecule has 0 aromatic heterocycles. The van der Waals surface area contributed by atoms with E-state index < -0.39 is 0 Å². The highest BCUT2D eigenvalue weighted by Crippen LogP contribution is 2.21. The molecule has 1 aliphatic heterocycles. The highest BCUT2D eigenvalue weighted by molar-refractivity contribution is 5.78. The molecule has 0 aliphatic carbocycles. The Morgan fingerprint density at radius 3 is 3.08 bits per heavy atom. The zero-order valence-electron chi connectivity index (χ0n) is 8.29. The topological polar surface area (TPSA) is 41.8 Å². The number of allylic oxidation sites excluding steroid dienone is 2. The summed E-state index contributed by atoms with van der Waals surface area (Å²) in [5.41, 5.74) is 1.02. The summed E-state index contributed by atoms with van der Waals surface area (Å²) in [6.45, 7) is 2.24. The Morgan fingerprint density at radius 2 is 2.46 bits per heavy atom. The number of methoxy groups -OCH3 is 1. The molecular weight excluding hydrogens is 166 g/mol. The van der Waals surface area contributed by atoms with Crippen molar-refractivity contribution in [3.05, 3.63) is 11.8 Å². The quantitative estimate of drug-likeness (QED) is 0.724. The van der Waals surface area contributed by atoms with Crippen molar-refractivity contribution in [1.29, 1.82) is 0 Å².